The molecule has 0 aliphatic rings. The van der Waals surface area contributed by atoms with Crippen molar-refractivity contribution in [2.24, 2.45) is 0 Å². The van der Waals surface area contributed by atoms with Crippen molar-refractivity contribution in [3.8, 4) is 11.5 Å². The molecule has 1 rings (SSSR count). The molecule has 0 bridgehead atoms. The van der Waals surface area contributed by atoms with E-state index < -0.39 is 23.9 Å². The SMILES string of the molecule is COc1ccc(C(C)(C)CNC(=O)CC(F)(F)F)cc1OC. The normalized spacial score (nSPS) is 12.0. The highest BCUT2D eigenvalue weighted by Crippen LogP contribution is 2.33. The number of rotatable bonds is 6. The second-order valence-electron chi connectivity index (χ2n) is 5.52. The Morgan fingerprint density at radius 1 is 1.14 bits per heavy atom. The first-order chi connectivity index (χ1) is 10.1. The molecule has 124 valence electrons. The van der Waals surface area contributed by atoms with Crippen LogP contribution in [0, 0.1) is 0 Å². The van der Waals surface area contributed by atoms with E-state index in [0.717, 1.165) is 5.56 Å². The van der Waals surface area contributed by atoms with Crippen molar-refractivity contribution in [1.29, 1.82) is 0 Å². The molecular formula is C15H20F3NO3. The zero-order valence-corrected chi connectivity index (χ0v) is 13.0. The maximum Gasteiger partial charge on any atom is 0.397 e. The Balaban J connectivity index is 2.80. The van der Waals surface area contributed by atoms with Crippen molar-refractivity contribution in [2.45, 2.75) is 31.9 Å². The van der Waals surface area contributed by atoms with Gasteiger partial charge in [-0.3, -0.25) is 4.79 Å². The summed E-state index contributed by atoms with van der Waals surface area (Å²) in [5.74, 6) is 0.0406. The van der Waals surface area contributed by atoms with E-state index in [1.165, 1.54) is 14.2 Å². The van der Waals surface area contributed by atoms with Crippen LogP contribution in [0.5, 0.6) is 11.5 Å². The summed E-state index contributed by atoms with van der Waals surface area (Å²) in [6.07, 6.45) is -5.98. The molecule has 0 heterocycles. The van der Waals surface area contributed by atoms with Gasteiger partial charge in [-0.2, -0.15) is 13.2 Å². The van der Waals surface area contributed by atoms with Crippen LogP contribution in [0.15, 0.2) is 18.2 Å². The van der Waals surface area contributed by atoms with Crippen LogP contribution in [-0.2, 0) is 10.2 Å². The second kappa shape index (κ2) is 6.89. The Labute approximate surface area is 127 Å². The van der Waals surface area contributed by atoms with E-state index in [1.807, 2.05) is 13.8 Å². The standard InChI is InChI=1S/C15H20F3NO3/c1-14(2,9-19-13(20)8-15(16,17)18)10-5-6-11(21-3)12(7-10)22-4/h5-7H,8-9H2,1-4H3,(H,19,20). The van der Waals surface area contributed by atoms with Crippen molar-refractivity contribution >= 4 is 5.91 Å². The van der Waals surface area contributed by atoms with Gasteiger partial charge in [0, 0.05) is 12.0 Å². The molecule has 1 amide bonds. The van der Waals surface area contributed by atoms with Crippen molar-refractivity contribution in [2.75, 3.05) is 20.8 Å². The quantitative estimate of drug-likeness (QED) is 0.877. The predicted octanol–water partition coefficient (Wildman–Crippen LogP) is 3.05. The van der Waals surface area contributed by atoms with Crippen LogP contribution in [0.1, 0.15) is 25.8 Å². The van der Waals surface area contributed by atoms with Gasteiger partial charge < -0.3 is 14.8 Å². The molecule has 0 aliphatic carbocycles. The third kappa shape index (κ3) is 5.13. The van der Waals surface area contributed by atoms with Crippen LogP contribution in [0.25, 0.3) is 0 Å². The minimum Gasteiger partial charge on any atom is -0.493 e. The largest absolute Gasteiger partial charge is 0.493 e. The zero-order valence-electron chi connectivity index (χ0n) is 13.0. The molecule has 0 aliphatic heterocycles. The number of hydrogen-bond donors (Lipinski definition) is 1. The van der Waals surface area contributed by atoms with Crippen molar-refractivity contribution in [1.82, 2.24) is 5.32 Å². The van der Waals surface area contributed by atoms with E-state index >= 15 is 0 Å². The number of benzene rings is 1. The summed E-state index contributed by atoms with van der Waals surface area (Å²) in [6, 6.07) is 5.25. The molecule has 4 nitrogen and oxygen atoms in total. The molecule has 0 fully saturated rings. The highest BCUT2D eigenvalue weighted by Gasteiger charge is 2.32. The predicted molar refractivity (Wildman–Crippen MR) is 76.3 cm³/mol. The third-order valence-corrected chi connectivity index (χ3v) is 3.25. The number of alkyl halides is 3. The van der Waals surface area contributed by atoms with Gasteiger partial charge in [-0.15, -0.1) is 0 Å². The van der Waals surface area contributed by atoms with Gasteiger partial charge in [-0.05, 0) is 17.7 Å². The van der Waals surface area contributed by atoms with Crippen LogP contribution < -0.4 is 14.8 Å². The van der Waals surface area contributed by atoms with Gasteiger partial charge in [0.15, 0.2) is 11.5 Å². The molecule has 0 unspecified atom stereocenters. The number of methoxy groups -OCH3 is 2. The molecule has 0 saturated heterocycles. The minimum atomic E-state index is -4.50. The molecule has 0 saturated carbocycles. The number of hydrogen-bond acceptors (Lipinski definition) is 3. The van der Waals surface area contributed by atoms with Crippen LogP contribution in [0.3, 0.4) is 0 Å². The number of amides is 1. The second-order valence-corrected chi connectivity index (χ2v) is 5.52. The summed E-state index contributed by atoms with van der Waals surface area (Å²) in [6.45, 7) is 3.72. The van der Waals surface area contributed by atoms with Gasteiger partial charge in [-0.25, -0.2) is 0 Å². The van der Waals surface area contributed by atoms with E-state index in [9.17, 15) is 18.0 Å². The van der Waals surface area contributed by atoms with Gasteiger partial charge in [0.2, 0.25) is 5.91 Å². The summed E-state index contributed by atoms with van der Waals surface area (Å²) in [7, 11) is 3.01. The Bertz CT molecular complexity index is 527. The van der Waals surface area contributed by atoms with Gasteiger partial charge in [-0.1, -0.05) is 19.9 Å². The van der Waals surface area contributed by atoms with E-state index in [4.69, 9.17) is 9.47 Å². The fraction of sp³-hybridized carbons (Fsp3) is 0.533. The lowest BCUT2D eigenvalue weighted by Gasteiger charge is -2.26. The van der Waals surface area contributed by atoms with Gasteiger partial charge >= 0.3 is 6.18 Å². The Morgan fingerprint density at radius 2 is 1.73 bits per heavy atom. The first kappa shape index (κ1) is 18.1. The molecular weight excluding hydrogens is 299 g/mol. The third-order valence-electron chi connectivity index (χ3n) is 3.25. The van der Waals surface area contributed by atoms with Crippen LogP contribution in [-0.4, -0.2) is 32.8 Å². The fourth-order valence-electron chi connectivity index (χ4n) is 1.92. The molecule has 22 heavy (non-hydrogen) atoms. The number of carbonyl (C=O) groups excluding carboxylic acids is 1. The van der Waals surface area contributed by atoms with Gasteiger partial charge in [0.05, 0.1) is 14.2 Å². The van der Waals surface area contributed by atoms with Crippen molar-refractivity contribution in [3.63, 3.8) is 0 Å². The van der Waals surface area contributed by atoms with E-state index in [0.29, 0.717) is 11.5 Å². The van der Waals surface area contributed by atoms with Gasteiger partial charge in [0.1, 0.15) is 6.42 Å². The lowest BCUT2D eigenvalue weighted by molar-refractivity contribution is -0.153. The number of nitrogens with one attached hydrogen (secondary N) is 1. The summed E-state index contributed by atoms with van der Waals surface area (Å²) < 4.78 is 46.8. The Kier molecular flexibility index (Phi) is 5.68. The van der Waals surface area contributed by atoms with Crippen LogP contribution in [0.2, 0.25) is 0 Å². The number of carbonyl (C=O) groups is 1. The minimum absolute atomic E-state index is 0.0808. The molecule has 1 N–H and O–H groups in total. The monoisotopic (exact) mass is 319 g/mol. The first-order valence-electron chi connectivity index (χ1n) is 6.65. The van der Waals surface area contributed by atoms with Gasteiger partial charge in [0.25, 0.3) is 0 Å². The van der Waals surface area contributed by atoms with Crippen LogP contribution in [0.4, 0.5) is 13.2 Å². The molecule has 7 heteroatoms. The topological polar surface area (TPSA) is 47.6 Å². The lowest BCUT2D eigenvalue weighted by atomic mass is 9.84. The summed E-state index contributed by atoms with van der Waals surface area (Å²) in [4.78, 5) is 11.3. The smallest absolute Gasteiger partial charge is 0.397 e. The highest BCUT2D eigenvalue weighted by atomic mass is 19.4. The van der Waals surface area contributed by atoms with Crippen molar-refractivity contribution < 1.29 is 27.4 Å². The van der Waals surface area contributed by atoms with Crippen LogP contribution >= 0.6 is 0 Å². The molecule has 0 radical (unpaired) electrons. The van der Waals surface area contributed by atoms with E-state index in [-0.39, 0.29) is 6.54 Å². The molecule has 0 spiro atoms. The summed E-state index contributed by atoms with van der Waals surface area (Å²) >= 11 is 0. The molecule has 1 aromatic rings. The van der Waals surface area contributed by atoms with Crippen molar-refractivity contribution in [3.05, 3.63) is 23.8 Å². The Morgan fingerprint density at radius 3 is 2.23 bits per heavy atom. The summed E-state index contributed by atoms with van der Waals surface area (Å²) in [5, 5.41) is 2.31. The average molecular weight is 319 g/mol. The maximum atomic E-state index is 12.1. The average Bonchev–Trinajstić information content (AvgIpc) is 2.42. The summed E-state index contributed by atoms with van der Waals surface area (Å²) in [5.41, 5.74) is 0.262. The maximum absolute atomic E-state index is 12.1. The van der Waals surface area contributed by atoms with E-state index in [2.05, 4.69) is 5.32 Å². The zero-order chi connectivity index (χ0) is 17.0. The number of ether oxygens (including phenoxy) is 2. The molecule has 1 aromatic carbocycles. The highest BCUT2D eigenvalue weighted by molar-refractivity contribution is 5.76. The number of halogens is 3. The molecule has 0 aromatic heterocycles. The lowest BCUT2D eigenvalue weighted by Crippen LogP contribution is -2.38. The first-order valence-corrected chi connectivity index (χ1v) is 6.65. The molecule has 0 atom stereocenters. The van der Waals surface area contributed by atoms with E-state index in [1.54, 1.807) is 18.2 Å². The fourth-order valence-corrected chi connectivity index (χ4v) is 1.92. The Hall–Kier alpha value is -1.92.